The van der Waals surface area contributed by atoms with Gasteiger partial charge < -0.3 is 10.4 Å². The Morgan fingerprint density at radius 1 is 1.00 bits per heavy atom. The van der Waals surface area contributed by atoms with Gasteiger partial charge in [-0.1, -0.05) is 46.9 Å². The Balaban J connectivity index is 2.28. The number of aliphatic hydroxyl groups excluding tert-OH is 1. The van der Waals surface area contributed by atoms with Gasteiger partial charge in [0.2, 0.25) is 0 Å². The minimum atomic E-state index is -0.323. The molecule has 2 nitrogen and oxygen atoms in total. The molecule has 2 aromatic carbocycles. The van der Waals surface area contributed by atoms with Gasteiger partial charge in [0.1, 0.15) is 0 Å². The van der Waals surface area contributed by atoms with Crippen LogP contribution >= 0.6 is 34.8 Å². The van der Waals surface area contributed by atoms with Crippen molar-refractivity contribution in [3.05, 3.63) is 63.1 Å². The Bertz CT molecular complexity index is 554. The molecule has 0 saturated heterocycles. The Kier molecular flexibility index (Phi) is 4.94. The van der Waals surface area contributed by atoms with E-state index in [-0.39, 0.29) is 12.6 Å². The number of hydrogen-bond donors (Lipinski definition) is 2. The second kappa shape index (κ2) is 6.49. The first-order valence-electron chi connectivity index (χ1n) is 5.68. The summed E-state index contributed by atoms with van der Waals surface area (Å²) in [6.45, 7) is -0.0953. The third-order valence-corrected chi connectivity index (χ3v) is 3.44. The van der Waals surface area contributed by atoms with Crippen LogP contribution in [0.5, 0.6) is 0 Å². The highest BCUT2D eigenvalue weighted by atomic mass is 35.5. The summed E-state index contributed by atoms with van der Waals surface area (Å²) < 4.78 is 0. The van der Waals surface area contributed by atoms with Crippen LogP contribution in [0.4, 0.5) is 5.69 Å². The highest BCUT2D eigenvalue weighted by Gasteiger charge is 2.13. The quantitative estimate of drug-likeness (QED) is 0.850. The Labute approximate surface area is 126 Å². The van der Waals surface area contributed by atoms with Crippen LogP contribution in [0.25, 0.3) is 0 Å². The topological polar surface area (TPSA) is 32.3 Å². The van der Waals surface area contributed by atoms with Crippen molar-refractivity contribution in [3.63, 3.8) is 0 Å². The second-order valence-electron chi connectivity index (χ2n) is 4.06. The highest BCUT2D eigenvalue weighted by molar-refractivity contribution is 6.34. The Morgan fingerprint density at radius 2 is 1.63 bits per heavy atom. The molecule has 0 amide bonds. The Morgan fingerprint density at radius 3 is 2.21 bits per heavy atom. The molecule has 0 fully saturated rings. The zero-order valence-electron chi connectivity index (χ0n) is 9.91. The van der Waals surface area contributed by atoms with Crippen molar-refractivity contribution in [2.24, 2.45) is 0 Å². The van der Waals surface area contributed by atoms with Crippen LogP contribution in [0.2, 0.25) is 15.1 Å². The summed E-state index contributed by atoms with van der Waals surface area (Å²) >= 11 is 18.0. The summed E-state index contributed by atoms with van der Waals surface area (Å²) in [7, 11) is 0. The minimum Gasteiger partial charge on any atom is -0.394 e. The smallest absolute Gasteiger partial charge is 0.0746 e. The van der Waals surface area contributed by atoms with Gasteiger partial charge in [-0.05, 0) is 35.9 Å². The molecule has 1 unspecified atom stereocenters. The van der Waals surface area contributed by atoms with Crippen molar-refractivity contribution >= 4 is 40.5 Å². The molecule has 100 valence electrons. The summed E-state index contributed by atoms with van der Waals surface area (Å²) in [5, 5.41) is 14.3. The van der Waals surface area contributed by atoms with Crippen LogP contribution in [-0.2, 0) is 0 Å². The van der Waals surface area contributed by atoms with Crippen LogP contribution in [0.3, 0.4) is 0 Å². The molecule has 2 N–H and O–H groups in total. The van der Waals surface area contributed by atoms with E-state index in [1.54, 1.807) is 24.3 Å². The lowest BCUT2D eigenvalue weighted by molar-refractivity contribution is 0.276. The molecule has 0 heterocycles. The number of anilines is 1. The maximum atomic E-state index is 9.52. The van der Waals surface area contributed by atoms with E-state index in [9.17, 15) is 5.11 Å². The molecule has 0 bridgehead atoms. The monoisotopic (exact) mass is 315 g/mol. The maximum Gasteiger partial charge on any atom is 0.0746 e. The standard InChI is InChI=1S/C14H12Cl3NO/c15-10-5-9(6-11(16)7-10)14(8-19)18-13-4-2-1-3-12(13)17/h1-7,14,18-19H,8H2. The lowest BCUT2D eigenvalue weighted by atomic mass is 10.1. The first-order chi connectivity index (χ1) is 9.10. The normalized spacial score (nSPS) is 12.2. The number of benzene rings is 2. The van der Waals surface area contributed by atoms with Gasteiger partial charge in [0.05, 0.1) is 23.4 Å². The van der Waals surface area contributed by atoms with E-state index in [2.05, 4.69) is 5.32 Å². The van der Waals surface area contributed by atoms with Gasteiger partial charge >= 0.3 is 0 Å². The molecule has 2 aromatic rings. The van der Waals surface area contributed by atoms with E-state index in [4.69, 9.17) is 34.8 Å². The van der Waals surface area contributed by atoms with Crippen LogP contribution in [-0.4, -0.2) is 11.7 Å². The second-order valence-corrected chi connectivity index (χ2v) is 5.34. The lowest BCUT2D eigenvalue weighted by Gasteiger charge is -2.19. The van der Waals surface area contributed by atoms with Gasteiger partial charge in [-0.25, -0.2) is 0 Å². The van der Waals surface area contributed by atoms with Crippen molar-refractivity contribution in [2.45, 2.75) is 6.04 Å². The van der Waals surface area contributed by atoms with E-state index >= 15 is 0 Å². The number of nitrogens with one attached hydrogen (secondary N) is 1. The molecule has 0 aliphatic rings. The fourth-order valence-electron chi connectivity index (χ4n) is 1.78. The number of halogens is 3. The van der Waals surface area contributed by atoms with Crippen LogP contribution in [0, 0.1) is 0 Å². The molecule has 0 aliphatic heterocycles. The zero-order chi connectivity index (χ0) is 13.8. The third-order valence-electron chi connectivity index (χ3n) is 2.67. The predicted molar refractivity (Wildman–Crippen MR) is 81.4 cm³/mol. The van der Waals surface area contributed by atoms with Gasteiger partial charge in [0.25, 0.3) is 0 Å². The van der Waals surface area contributed by atoms with E-state index in [1.807, 2.05) is 18.2 Å². The Hall–Kier alpha value is -0.930. The molecular formula is C14H12Cl3NO. The van der Waals surface area contributed by atoms with Crippen molar-refractivity contribution in [1.29, 1.82) is 0 Å². The van der Waals surface area contributed by atoms with Crippen molar-refractivity contribution < 1.29 is 5.11 Å². The molecule has 1 atom stereocenters. The average Bonchev–Trinajstić information content (AvgIpc) is 2.36. The molecule has 0 aromatic heterocycles. The molecule has 2 rings (SSSR count). The molecular weight excluding hydrogens is 305 g/mol. The van der Waals surface area contributed by atoms with Gasteiger partial charge in [0.15, 0.2) is 0 Å². The van der Waals surface area contributed by atoms with Gasteiger partial charge in [-0.3, -0.25) is 0 Å². The summed E-state index contributed by atoms with van der Waals surface area (Å²) in [6.07, 6.45) is 0. The molecule has 0 spiro atoms. The molecule has 0 saturated carbocycles. The predicted octanol–water partition coefficient (Wildman–Crippen LogP) is 4.79. The molecule has 0 radical (unpaired) electrons. The zero-order valence-corrected chi connectivity index (χ0v) is 12.2. The number of para-hydroxylation sites is 1. The van der Waals surface area contributed by atoms with Crippen molar-refractivity contribution in [1.82, 2.24) is 0 Å². The van der Waals surface area contributed by atoms with Crippen molar-refractivity contribution in [3.8, 4) is 0 Å². The van der Waals surface area contributed by atoms with E-state index < -0.39 is 0 Å². The minimum absolute atomic E-state index is 0.0953. The van der Waals surface area contributed by atoms with Crippen LogP contribution in [0.1, 0.15) is 11.6 Å². The summed E-state index contributed by atoms with van der Waals surface area (Å²) in [5.74, 6) is 0. The van der Waals surface area contributed by atoms with E-state index in [0.29, 0.717) is 15.1 Å². The van der Waals surface area contributed by atoms with E-state index in [1.165, 1.54) is 0 Å². The fourth-order valence-corrected chi connectivity index (χ4v) is 2.51. The third kappa shape index (κ3) is 3.77. The van der Waals surface area contributed by atoms with Gasteiger partial charge in [-0.2, -0.15) is 0 Å². The molecule has 5 heteroatoms. The van der Waals surface area contributed by atoms with Crippen LogP contribution < -0.4 is 5.32 Å². The average molecular weight is 317 g/mol. The summed E-state index contributed by atoms with van der Waals surface area (Å²) in [6, 6.07) is 12.2. The van der Waals surface area contributed by atoms with Gasteiger partial charge in [0, 0.05) is 10.0 Å². The summed E-state index contributed by atoms with van der Waals surface area (Å²) in [4.78, 5) is 0. The SMILES string of the molecule is OCC(Nc1ccccc1Cl)c1cc(Cl)cc(Cl)c1. The maximum absolute atomic E-state index is 9.52. The first kappa shape index (κ1) is 14.5. The summed E-state index contributed by atoms with van der Waals surface area (Å²) in [5.41, 5.74) is 1.55. The fraction of sp³-hybridized carbons (Fsp3) is 0.143. The largest absolute Gasteiger partial charge is 0.394 e. The highest BCUT2D eigenvalue weighted by Crippen LogP contribution is 2.28. The first-order valence-corrected chi connectivity index (χ1v) is 6.81. The number of hydrogen-bond acceptors (Lipinski definition) is 2. The van der Waals surface area contributed by atoms with Gasteiger partial charge in [-0.15, -0.1) is 0 Å². The number of rotatable bonds is 4. The van der Waals surface area contributed by atoms with E-state index in [0.717, 1.165) is 11.3 Å². The molecule has 19 heavy (non-hydrogen) atoms. The van der Waals surface area contributed by atoms with Crippen molar-refractivity contribution in [2.75, 3.05) is 11.9 Å². The lowest BCUT2D eigenvalue weighted by Crippen LogP contribution is -2.15. The number of aliphatic hydroxyl groups is 1. The molecule has 0 aliphatic carbocycles. The van der Waals surface area contributed by atoms with Crippen LogP contribution in [0.15, 0.2) is 42.5 Å².